The molecule has 0 aliphatic heterocycles. The topological polar surface area (TPSA) is 66.5 Å². The van der Waals surface area contributed by atoms with E-state index in [4.69, 9.17) is 4.98 Å². The molecule has 4 aromatic heterocycles. The summed E-state index contributed by atoms with van der Waals surface area (Å²) in [5.74, 6) is 0.827. The van der Waals surface area contributed by atoms with Crippen LogP contribution in [0.15, 0.2) is 61.1 Å². The fraction of sp³-hybridized carbons (Fsp3) is 0.0500. The molecule has 4 heterocycles. The van der Waals surface area contributed by atoms with Crippen LogP contribution in [0.4, 0.5) is 11.5 Å². The highest BCUT2D eigenvalue weighted by Gasteiger charge is 2.13. The van der Waals surface area contributed by atoms with E-state index >= 15 is 0 Å². The molecule has 0 aliphatic rings. The second-order valence-corrected chi connectivity index (χ2v) is 6.09. The standard InChI is InChI=1S/C20H15N5/c1-12-10-13(6-9-22-12)23-19-15-5-3-2-4-14(15)18-16-11-21-8-7-17(16)24-20(18)25-19/h2-11H,1H3,(H2,22,23,24,25). The van der Waals surface area contributed by atoms with Gasteiger partial charge in [0.1, 0.15) is 11.5 Å². The second-order valence-electron chi connectivity index (χ2n) is 6.09. The van der Waals surface area contributed by atoms with E-state index in [9.17, 15) is 0 Å². The molecular weight excluding hydrogens is 310 g/mol. The average molecular weight is 325 g/mol. The lowest BCUT2D eigenvalue weighted by Gasteiger charge is -2.10. The Hall–Kier alpha value is -3.47. The van der Waals surface area contributed by atoms with Crippen LogP contribution in [-0.2, 0) is 0 Å². The highest BCUT2D eigenvalue weighted by Crippen LogP contribution is 2.34. The Balaban J connectivity index is 1.82. The van der Waals surface area contributed by atoms with Gasteiger partial charge in [0.05, 0.1) is 5.52 Å². The quantitative estimate of drug-likeness (QED) is 0.493. The van der Waals surface area contributed by atoms with Crippen molar-refractivity contribution in [3.05, 3.63) is 66.7 Å². The number of H-pyrrole nitrogens is 1. The normalized spacial score (nSPS) is 11.4. The Morgan fingerprint density at radius 3 is 2.72 bits per heavy atom. The van der Waals surface area contributed by atoms with Gasteiger partial charge in [-0.25, -0.2) is 4.98 Å². The first-order valence-electron chi connectivity index (χ1n) is 8.13. The minimum atomic E-state index is 0.827. The molecule has 0 unspecified atom stereocenters. The largest absolute Gasteiger partial charge is 0.340 e. The predicted octanol–water partition coefficient (Wildman–Crippen LogP) is 4.71. The lowest BCUT2D eigenvalue weighted by molar-refractivity contribution is 1.20. The number of hydrogen-bond donors (Lipinski definition) is 2. The summed E-state index contributed by atoms with van der Waals surface area (Å²) in [6.07, 6.45) is 5.48. The van der Waals surface area contributed by atoms with E-state index in [-0.39, 0.29) is 0 Å². The van der Waals surface area contributed by atoms with Gasteiger partial charge in [0.25, 0.3) is 0 Å². The van der Waals surface area contributed by atoms with Crippen LogP contribution in [0.1, 0.15) is 5.69 Å². The zero-order chi connectivity index (χ0) is 16.8. The fourth-order valence-electron chi connectivity index (χ4n) is 3.31. The molecule has 5 heteroatoms. The molecule has 0 aliphatic carbocycles. The molecule has 0 fully saturated rings. The molecule has 0 radical (unpaired) electrons. The Labute approximate surface area is 143 Å². The number of aryl methyl sites for hydroxylation is 1. The van der Waals surface area contributed by atoms with Crippen molar-refractivity contribution in [2.45, 2.75) is 6.92 Å². The Morgan fingerprint density at radius 1 is 0.960 bits per heavy atom. The van der Waals surface area contributed by atoms with Crippen molar-refractivity contribution < 1.29 is 0 Å². The molecule has 0 saturated heterocycles. The van der Waals surface area contributed by atoms with Gasteiger partial charge >= 0.3 is 0 Å². The van der Waals surface area contributed by atoms with Crippen molar-refractivity contribution in [3.8, 4) is 0 Å². The number of nitrogens with one attached hydrogen (secondary N) is 2. The molecule has 120 valence electrons. The summed E-state index contributed by atoms with van der Waals surface area (Å²) in [6, 6.07) is 14.2. The minimum absolute atomic E-state index is 0.827. The van der Waals surface area contributed by atoms with Crippen molar-refractivity contribution in [1.29, 1.82) is 0 Å². The molecule has 2 N–H and O–H groups in total. The van der Waals surface area contributed by atoms with Gasteiger partial charge in [-0.15, -0.1) is 0 Å². The lowest BCUT2D eigenvalue weighted by atomic mass is 10.1. The van der Waals surface area contributed by atoms with Crippen LogP contribution < -0.4 is 5.32 Å². The van der Waals surface area contributed by atoms with Crippen LogP contribution in [-0.4, -0.2) is 19.9 Å². The van der Waals surface area contributed by atoms with Crippen molar-refractivity contribution in [1.82, 2.24) is 19.9 Å². The predicted molar refractivity (Wildman–Crippen MR) is 101 cm³/mol. The zero-order valence-corrected chi connectivity index (χ0v) is 13.6. The van der Waals surface area contributed by atoms with Gasteiger partial charge in [-0.3, -0.25) is 9.97 Å². The number of rotatable bonds is 2. The Bertz CT molecular complexity index is 1240. The first-order valence-corrected chi connectivity index (χ1v) is 8.13. The molecule has 0 bridgehead atoms. The molecule has 0 amide bonds. The summed E-state index contributed by atoms with van der Waals surface area (Å²) in [5, 5.41) is 7.87. The maximum atomic E-state index is 4.85. The van der Waals surface area contributed by atoms with Crippen LogP contribution in [0.25, 0.3) is 32.7 Å². The highest BCUT2D eigenvalue weighted by atomic mass is 15.0. The number of fused-ring (bicyclic) bond motifs is 5. The zero-order valence-electron chi connectivity index (χ0n) is 13.6. The van der Waals surface area contributed by atoms with Crippen LogP contribution >= 0.6 is 0 Å². The van der Waals surface area contributed by atoms with Gasteiger partial charge in [0.2, 0.25) is 0 Å². The Kier molecular flexibility index (Phi) is 2.94. The van der Waals surface area contributed by atoms with E-state index in [1.165, 1.54) is 0 Å². The third kappa shape index (κ3) is 2.21. The maximum Gasteiger partial charge on any atom is 0.141 e. The van der Waals surface area contributed by atoms with E-state index in [1.807, 2.05) is 37.4 Å². The molecular formula is C20H15N5. The third-order valence-corrected chi connectivity index (χ3v) is 4.41. The van der Waals surface area contributed by atoms with Crippen LogP contribution in [0, 0.1) is 6.92 Å². The van der Waals surface area contributed by atoms with E-state index in [0.717, 1.165) is 49.9 Å². The van der Waals surface area contributed by atoms with Crippen molar-refractivity contribution in [3.63, 3.8) is 0 Å². The van der Waals surface area contributed by atoms with Gasteiger partial charge in [-0.1, -0.05) is 24.3 Å². The monoisotopic (exact) mass is 325 g/mol. The summed E-state index contributed by atoms with van der Waals surface area (Å²) in [4.78, 5) is 16.8. The third-order valence-electron chi connectivity index (χ3n) is 4.41. The molecule has 25 heavy (non-hydrogen) atoms. The number of pyridine rings is 3. The van der Waals surface area contributed by atoms with Crippen molar-refractivity contribution in [2.75, 3.05) is 5.32 Å². The number of aromatic amines is 1. The second kappa shape index (κ2) is 5.27. The van der Waals surface area contributed by atoms with Crippen LogP contribution in [0.3, 0.4) is 0 Å². The number of hydrogen-bond acceptors (Lipinski definition) is 4. The van der Waals surface area contributed by atoms with Gasteiger partial charge in [0, 0.05) is 46.1 Å². The van der Waals surface area contributed by atoms with Crippen molar-refractivity contribution >= 4 is 44.2 Å². The lowest BCUT2D eigenvalue weighted by Crippen LogP contribution is -1.96. The van der Waals surface area contributed by atoms with Crippen LogP contribution in [0.2, 0.25) is 0 Å². The fourth-order valence-corrected chi connectivity index (χ4v) is 3.31. The summed E-state index contributed by atoms with van der Waals surface area (Å²) in [5.41, 5.74) is 3.84. The smallest absolute Gasteiger partial charge is 0.141 e. The Morgan fingerprint density at radius 2 is 1.84 bits per heavy atom. The summed E-state index contributed by atoms with van der Waals surface area (Å²) < 4.78 is 0. The molecule has 1 aromatic carbocycles. The van der Waals surface area contributed by atoms with Crippen molar-refractivity contribution in [2.24, 2.45) is 0 Å². The molecule has 0 atom stereocenters. The van der Waals surface area contributed by atoms with Crippen LogP contribution in [0.5, 0.6) is 0 Å². The van der Waals surface area contributed by atoms with E-state index in [0.29, 0.717) is 0 Å². The number of nitrogens with zero attached hydrogens (tertiary/aromatic N) is 3. The highest BCUT2D eigenvalue weighted by molar-refractivity contribution is 6.20. The first-order chi connectivity index (χ1) is 12.3. The number of benzene rings is 1. The summed E-state index contributed by atoms with van der Waals surface area (Å²) in [6.45, 7) is 1.98. The van der Waals surface area contributed by atoms with Gasteiger partial charge in [-0.05, 0) is 30.5 Å². The number of anilines is 2. The van der Waals surface area contributed by atoms with E-state index in [1.54, 1.807) is 12.4 Å². The van der Waals surface area contributed by atoms with E-state index < -0.39 is 0 Å². The molecule has 5 aromatic rings. The molecule has 0 spiro atoms. The summed E-state index contributed by atoms with van der Waals surface area (Å²) in [7, 11) is 0. The summed E-state index contributed by atoms with van der Waals surface area (Å²) >= 11 is 0. The van der Waals surface area contributed by atoms with E-state index in [2.05, 4.69) is 38.5 Å². The average Bonchev–Trinajstić information content (AvgIpc) is 3.00. The number of aromatic nitrogens is 4. The van der Waals surface area contributed by atoms with Gasteiger partial charge in [-0.2, -0.15) is 0 Å². The molecule has 5 rings (SSSR count). The first kappa shape index (κ1) is 13.9. The molecule has 0 saturated carbocycles. The SMILES string of the molecule is Cc1cc(Nc2nc3[nH]c4ccncc4c3c3ccccc23)ccn1. The van der Waals surface area contributed by atoms with Gasteiger partial charge < -0.3 is 10.3 Å². The van der Waals surface area contributed by atoms with Gasteiger partial charge in [0.15, 0.2) is 0 Å². The molecule has 5 nitrogen and oxygen atoms in total. The maximum absolute atomic E-state index is 4.85. The minimum Gasteiger partial charge on any atom is -0.340 e.